The Hall–Kier alpha value is -1.90. The topological polar surface area (TPSA) is 75.7 Å². The molecular formula is C18H22N2O4S2. The summed E-state index contributed by atoms with van der Waals surface area (Å²) in [4.78, 5) is 12.8. The van der Waals surface area contributed by atoms with Gasteiger partial charge in [0, 0.05) is 19.6 Å². The lowest BCUT2D eigenvalue weighted by Crippen LogP contribution is -2.31. The molecule has 0 unspecified atom stereocenters. The van der Waals surface area contributed by atoms with Crippen LogP contribution in [0.4, 0.5) is 0 Å². The number of nitrogens with zero attached hydrogens (tertiary/aromatic N) is 1. The van der Waals surface area contributed by atoms with Crippen molar-refractivity contribution >= 4 is 27.3 Å². The minimum atomic E-state index is -3.59. The molecule has 6 nitrogen and oxygen atoms in total. The number of sulfonamides is 1. The van der Waals surface area contributed by atoms with Gasteiger partial charge >= 0.3 is 0 Å². The molecule has 1 saturated heterocycles. The molecule has 0 bridgehead atoms. The van der Waals surface area contributed by atoms with E-state index in [1.54, 1.807) is 12.5 Å². The summed E-state index contributed by atoms with van der Waals surface area (Å²) in [5.74, 6) is 0.444. The minimum absolute atomic E-state index is 0.117. The number of ether oxygens (including phenoxy) is 1. The van der Waals surface area contributed by atoms with Gasteiger partial charge < -0.3 is 10.1 Å². The molecule has 26 heavy (non-hydrogen) atoms. The molecular weight excluding hydrogens is 372 g/mol. The van der Waals surface area contributed by atoms with Gasteiger partial charge in [0.25, 0.3) is 5.91 Å². The van der Waals surface area contributed by atoms with Gasteiger partial charge in [0.2, 0.25) is 10.0 Å². The van der Waals surface area contributed by atoms with E-state index in [-0.39, 0.29) is 15.7 Å². The SMILES string of the molecule is COc1ccc(CCNC(=O)c2sccc2S(=O)(=O)N2CCCC2)cc1. The zero-order valence-corrected chi connectivity index (χ0v) is 16.2. The molecule has 1 N–H and O–H groups in total. The Labute approximate surface area is 157 Å². The third-order valence-corrected chi connectivity index (χ3v) is 7.36. The summed E-state index contributed by atoms with van der Waals surface area (Å²) in [6, 6.07) is 9.16. The Morgan fingerprint density at radius 1 is 1.19 bits per heavy atom. The van der Waals surface area contributed by atoms with Crippen LogP contribution >= 0.6 is 11.3 Å². The summed E-state index contributed by atoms with van der Waals surface area (Å²) in [7, 11) is -1.97. The maximum atomic E-state index is 12.7. The van der Waals surface area contributed by atoms with E-state index in [0.29, 0.717) is 26.1 Å². The molecule has 8 heteroatoms. The molecule has 1 aromatic heterocycles. The third kappa shape index (κ3) is 4.08. The monoisotopic (exact) mass is 394 g/mol. The number of thiophene rings is 1. The van der Waals surface area contributed by atoms with Crippen molar-refractivity contribution in [2.45, 2.75) is 24.2 Å². The number of carbonyl (C=O) groups excluding carboxylic acids is 1. The quantitative estimate of drug-likeness (QED) is 0.783. The van der Waals surface area contributed by atoms with Crippen molar-refractivity contribution in [2.24, 2.45) is 0 Å². The van der Waals surface area contributed by atoms with E-state index in [9.17, 15) is 13.2 Å². The predicted octanol–water partition coefficient (Wildman–Crippen LogP) is 2.51. The van der Waals surface area contributed by atoms with Gasteiger partial charge in [0.05, 0.1) is 7.11 Å². The molecule has 3 rings (SSSR count). The zero-order valence-electron chi connectivity index (χ0n) is 14.6. The zero-order chi connectivity index (χ0) is 18.6. The van der Waals surface area contributed by atoms with Gasteiger partial charge in [0.1, 0.15) is 15.5 Å². The van der Waals surface area contributed by atoms with Crippen molar-refractivity contribution in [1.29, 1.82) is 0 Å². The highest BCUT2D eigenvalue weighted by Gasteiger charge is 2.31. The lowest BCUT2D eigenvalue weighted by atomic mass is 10.1. The van der Waals surface area contributed by atoms with Crippen LogP contribution in [0.25, 0.3) is 0 Å². The van der Waals surface area contributed by atoms with Crippen molar-refractivity contribution in [3.63, 3.8) is 0 Å². The molecule has 2 aromatic rings. The average molecular weight is 395 g/mol. The van der Waals surface area contributed by atoms with E-state index in [0.717, 1.165) is 35.5 Å². The summed E-state index contributed by atoms with van der Waals surface area (Å²) in [5, 5.41) is 4.48. The molecule has 2 heterocycles. The Morgan fingerprint density at radius 3 is 2.54 bits per heavy atom. The normalized spacial score (nSPS) is 15.1. The molecule has 0 aliphatic carbocycles. The van der Waals surface area contributed by atoms with E-state index >= 15 is 0 Å². The highest BCUT2D eigenvalue weighted by Crippen LogP contribution is 2.27. The van der Waals surface area contributed by atoms with Crippen LogP contribution < -0.4 is 10.1 Å². The van der Waals surface area contributed by atoms with Crippen molar-refractivity contribution in [2.75, 3.05) is 26.7 Å². The second kappa shape index (κ2) is 8.20. The van der Waals surface area contributed by atoms with Crippen molar-refractivity contribution < 1.29 is 17.9 Å². The summed E-state index contributed by atoms with van der Waals surface area (Å²) >= 11 is 1.16. The number of rotatable bonds is 7. The number of hydrogen-bond acceptors (Lipinski definition) is 5. The summed E-state index contributed by atoms with van der Waals surface area (Å²) in [6.07, 6.45) is 2.40. The van der Waals surface area contributed by atoms with Gasteiger partial charge in [-0.3, -0.25) is 4.79 Å². The fraction of sp³-hybridized carbons (Fsp3) is 0.389. The van der Waals surface area contributed by atoms with E-state index in [4.69, 9.17) is 4.74 Å². The van der Waals surface area contributed by atoms with Crippen LogP contribution in [-0.2, 0) is 16.4 Å². The van der Waals surface area contributed by atoms with Crippen LogP contribution in [0.1, 0.15) is 28.1 Å². The predicted molar refractivity (Wildman–Crippen MR) is 101 cm³/mol. The first-order valence-corrected chi connectivity index (χ1v) is 10.8. The molecule has 0 saturated carbocycles. The minimum Gasteiger partial charge on any atom is -0.497 e. The highest BCUT2D eigenvalue weighted by molar-refractivity contribution is 7.89. The first-order chi connectivity index (χ1) is 12.5. The molecule has 1 fully saturated rings. The third-order valence-electron chi connectivity index (χ3n) is 4.38. The van der Waals surface area contributed by atoms with E-state index in [2.05, 4.69) is 5.32 Å². The van der Waals surface area contributed by atoms with Crippen LogP contribution in [0, 0.1) is 0 Å². The Kier molecular flexibility index (Phi) is 5.95. The van der Waals surface area contributed by atoms with Crippen LogP contribution in [0.15, 0.2) is 40.6 Å². The number of methoxy groups -OCH3 is 1. The van der Waals surface area contributed by atoms with Crippen molar-refractivity contribution in [1.82, 2.24) is 9.62 Å². The van der Waals surface area contributed by atoms with Crippen molar-refractivity contribution in [3.05, 3.63) is 46.2 Å². The van der Waals surface area contributed by atoms with Gasteiger partial charge in [-0.05, 0) is 48.4 Å². The molecule has 0 radical (unpaired) electrons. The number of amides is 1. The number of carbonyl (C=O) groups is 1. The van der Waals surface area contributed by atoms with Gasteiger partial charge in [-0.2, -0.15) is 4.31 Å². The largest absolute Gasteiger partial charge is 0.497 e. The standard InChI is InChI=1S/C18H22N2O4S2/c1-24-15-6-4-14(5-7-15)8-10-19-18(21)17-16(9-13-25-17)26(22,23)20-11-2-3-12-20/h4-7,9,13H,2-3,8,10-12H2,1H3,(H,19,21). The molecule has 0 spiro atoms. The number of hydrogen-bond donors (Lipinski definition) is 1. The van der Waals surface area contributed by atoms with Gasteiger partial charge in [0.15, 0.2) is 0 Å². The highest BCUT2D eigenvalue weighted by atomic mass is 32.2. The molecule has 1 aliphatic heterocycles. The second-order valence-electron chi connectivity index (χ2n) is 6.08. The lowest BCUT2D eigenvalue weighted by Gasteiger charge is -2.15. The van der Waals surface area contributed by atoms with E-state index in [1.807, 2.05) is 24.3 Å². The maximum Gasteiger partial charge on any atom is 0.262 e. The first kappa shape index (κ1) is 18.9. The van der Waals surface area contributed by atoms with E-state index < -0.39 is 10.0 Å². The Balaban J connectivity index is 1.62. The summed E-state index contributed by atoms with van der Waals surface area (Å²) in [6.45, 7) is 1.49. The van der Waals surface area contributed by atoms with Gasteiger partial charge in [-0.25, -0.2) is 8.42 Å². The molecule has 0 atom stereocenters. The Bertz CT molecular complexity index is 854. The summed E-state index contributed by atoms with van der Waals surface area (Å²) in [5.41, 5.74) is 1.07. The Morgan fingerprint density at radius 2 is 1.88 bits per heavy atom. The number of benzene rings is 1. The smallest absolute Gasteiger partial charge is 0.262 e. The van der Waals surface area contributed by atoms with Gasteiger partial charge in [-0.15, -0.1) is 11.3 Å². The average Bonchev–Trinajstić information content (AvgIpc) is 3.34. The lowest BCUT2D eigenvalue weighted by molar-refractivity contribution is 0.0955. The van der Waals surface area contributed by atoms with Crippen molar-refractivity contribution in [3.8, 4) is 5.75 Å². The summed E-state index contributed by atoms with van der Waals surface area (Å²) < 4.78 is 32.0. The molecule has 1 amide bonds. The fourth-order valence-corrected chi connectivity index (χ4v) is 5.76. The van der Waals surface area contributed by atoms with Gasteiger partial charge in [-0.1, -0.05) is 12.1 Å². The molecule has 140 valence electrons. The second-order valence-corrected chi connectivity index (χ2v) is 8.90. The van der Waals surface area contributed by atoms with Crippen LogP contribution in [-0.4, -0.2) is 45.4 Å². The molecule has 1 aliphatic rings. The maximum absolute atomic E-state index is 12.7. The first-order valence-electron chi connectivity index (χ1n) is 8.51. The van der Waals surface area contributed by atoms with Crippen LogP contribution in [0.3, 0.4) is 0 Å². The fourth-order valence-electron chi connectivity index (χ4n) is 2.93. The van der Waals surface area contributed by atoms with Crippen LogP contribution in [0.5, 0.6) is 5.75 Å². The number of nitrogens with one attached hydrogen (secondary N) is 1. The van der Waals surface area contributed by atoms with Crippen LogP contribution in [0.2, 0.25) is 0 Å². The molecule has 1 aromatic carbocycles. The van der Waals surface area contributed by atoms with E-state index in [1.165, 1.54) is 10.4 Å².